The van der Waals surface area contributed by atoms with Crippen molar-refractivity contribution >= 4 is 12.1 Å². The molecule has 0 spiro atoms. The normalized spacial score (nSPS) is 22.3. The standard InChI is InChI=1S/C13H15NO5/c15-10-6-11(12(16)17)14(7-10)13(18)19-8-9-4-2-1-3-5-9/h1-5,10-11,15H,6-8H2,(H,16,17)/t10-,11-/m0/s1. The number of nitrogens with zero attached hydrogens (tertiary/aromatic N) is 1. The molecule has 1 amide bonds. The number of carbonyl (C=O) groups is 2. The molecule has 1 aromatic rings. The van der Waals surface area contributed by atoms with E-state index < -0.39 is 24.2 Å². The number of β-amino-alcohol motifs (C(OH)–C–C–N with tert-alkyl or cyclic N) is 1. The van der Waals surface area contributed by atoms with Crippen LogP contribution in [-0.2, 0) is 16.1 Å². The summed E-state index contributed by atoms with van der Waals surface area (Å²) < 4.78 is 5.05. The van der Waals surface area contributed by atoms with Gasteiger partial charge < -0.3 is 14.9 Å². The van der Waals surface area contributed by atoms with Gasteiger partial charge >= 0.3 is 12.1 Å². The minimum Gasteiger partial charge on any atom is -0.480 e. The van der Waals surface area contributed by atoms with Crippen molar-refractivity contribution in [3.8, 4) is 0 Å². The Morgan fingerprint density at radius 1 is 1.32 bits per heavy atom. The van der Waals surface area contributed by atoms with E-state index in [1.165, 1.54) is 0 Å². The number of carbonyl (C=O) groups excluding carboxylic acids is 1. The Bertz CT molecular complexity index is 461. The zero-order valence-corrected chi connectivity index (χ0v) is 10.2. The summed E-state index contributed by atoms with van der Waals surface area (Å²) >= 11 is 0. The van der Waals surface area contributed by atoms with Gasteiger partial charge in [-0.25, -0.2) is 9.59 Å². The largest absolute Gasteiger partial charge is 0.480 e. The average Bonchev–Trinajstić information content (AvgIpc) is 2.79. The average molecular weight is 265 g/mol. The first-order valence-electron chi connectivity index (χ1n) is 5.96. The number of amides is 1. The molecule has 1 aromatic carbocycles. The van der Waals surface area contributed by atoms with Crippen molar-refractivity contribution in [3.63, 3.8) is 0 Å². The van der Waals surface area contributed by atoms with Crippen molar-refractivity contribution < 1.29 is 24.5 Å². The van der Waals surface area contributed by atoms with Gasteiger partial charge in [0.2, 0.25) is 0 Å². The van der Waals surface area contributed by atoms with Crippen LogP contribution in [0.25, 0.3) is 0 Å². The van der Waals surface area contributed by atoms with E-state index in [4.69, 9.17) is 9.84 Å². The van der Waals surface area contributed by atoms with Gasteiger partial charge in [0.25, 0.3) is 0 Å². The highest BCUT2D eigenvalue weighted by Gasteiger charge is 2.39. The molecule has 0 aliphatic carbocycles. The number of hydrogen-bond donors (Lipinski definition) is 2. The Labute approximate surface area is 110 Å². The maximum absolute atomic E-state index is 11.8. The fraction of sp³-hybridized carbons (Fsp3) is 0.385. The van der Waals surface area contributed by atoms with Crippen LogP contribution in [0, 0.1) is 0 Å². The highest BCUT2D eigenvalue weighted by Crippen LogP contribution is 2.19. The second-order valence-electron chi connectivity index (χ2n) is 4.44. The van der Waals surface area contributed by atoms with E-state index >= 15 is 0 Å². The van der Waals surface area contributed by atoms with Gasteiger partial charge in [0.05, 0.1) is 12.6 Å². The summed E-state index contributed by atoms with van der Waals surface area (Å²) in [5, 5.41) is 18.4. The van der Waals surface area contributed by atoms with Crippen LogP contribution in [0.1, 0.15) is 12.0 Å². The zero-order chi connectivity index (χ0) is 13.8. The van der Waals surface area contributed by atoms with E-state index in [-0.39, 0.29) is 19.6 Å². The number of likely N-dealkylation sites (tertiary alicyclic amines) is 1. The predicted octanol–water partition coefficient (Wildman–Crippen LogP) is 0.843. The number of benzene rings is 1. The maximum atomic E-state index is 11.8. The van der Waals surface area contributed by atoms with Crippen LogP contribution in [0.3, 0.4) is 0 Å². The van der Waals surface area contributed by atoms with Gasteiger partial charge in [-0.1, -0.05) is 30.3 Å². The lowest BCUT2D eigenvalue weighted by Crippen LogP contribution is -2.40. The first kappa shape index (κ1) is 13.4. The molecule has 1 fully saturated rings. The number of aliphatic hydroxyl groups excluding tert-OH is 1. The summed E-state index contributed by atoms with van der Waals surface area (Å²) in [4.78, 5) is 23.8. The number of ether oxygens (including phenoxy) is 1. The summed E-state index contributed by atoms with van der Waals surface area (Å²) in [5.74, 6) is -1.13. The van der Waals surface area contributed by atoms with Crippen LogP contribution < -0.4 is 0 Å². The molecule has 0 radical (unpaired) electrons. The van der Waals surface area contributed by atoms with Gasteiger partial charge in [-0.15, -0.1) is 0 Å². The van der Waals surface area contributed by atoms with Crippen molar-refractivity contribution in [1.82, 2.24) is 4.90 Å². The third-order valence-corrected chi connectivity index (χ3v) is 3.00. The summed E-state index contributed by atoms with van der Waals surface area (Å²) in [6.07, 6.45) is -1.49. The molecule has 6 heteroatoms. The highest BCUT2D eigenvalue weighted by atomic mass is 16.6. The van der Waals surface area contributed by atoms with Gasteiger partial charge in [0, 0.05) is 6.42 Å². The minimum absolute atomic E-state index is 0.00934. The molecule has 19 heavy (non-hydrogen) atoms. The Morgan fingerprint density at radius 2 is 2.00 bits per heavy atom. The molecule has 0 saturated carbocycles. The van der Waals surface area contributed by atoms with Crippen LogP contribution >= 0.6 is 0 Å². The highest BCUT2D eigenvalue weighted by molar-refractivity contribution is 5.80. The van der Waals surface area contributed by atoms with Gasteiger partial charge in [0.1, 0.15) is 12.6 Å². The molecule has 1 heterocycles. The van der Waals surface area contributed by atoms with Crippen LogP contribution in [-0.4, -0.2) is 45.9 Å². The maximum Gasteiger partial charge on any atom is 0.410 e. The third kappa shape index (κ3) is 3.23. The number of rotatable bonds is 3. The quantitative estimate of drug-likeness (QED) is 0.845. The van der Waals surface area contributed by atoms with Crippen molar-refractivity contribution in [2.24, 2.45) is 0 Å². The lowest BCUT2D eigenvalue weighted by atomic mass is 10.2. The number of carboxylic acids is 1. The van der Waals surface area contributed by atoms with Crippen LogP contribution in [0.4, 0.5) is 4.79 Å². The summed E-state index contributed by atoms with van der Waals surface area (Å²) in [7, 11) is 0. The Kier molecular flexibility index (Phi) is 4.01. The first-order valence-corrected chi connectivity index (χ1v) is 5.96. The fourth-order valence-corrected chi connectivity index (χ4v) is 2.05. The summed E-state index contributed by atoms with van der Waals surface area (Å²) in [6, 6.07) is 8.09. The van der Waals surface area contributed by atoms with E-state index in [1.807, 2.05) is 18.2 Å². The summed E-state index contributed by atoms with van der Waals surface area (Å²) in [5.41, 5.74) is 0.822. The lowest BCUT2D eigenvalue weighted by Gasteiger charge is -2.20. The SMILES string of the molecule is O=C(O)[C@@H]1C[C@H](O)CN1C(=O)OCc1ccccc1. The van der Waals surface area contributed by atoms with Gasteiger partial charge in [-0.05, 0) is 5.56 Å². The monoisotopic (exact) mass is 265 g/mol. The molecule has 1 aliphatic rings. The van der Waals surface area contributed by atoms with E-state index in [0.29, 0.717) is 0 Å². The number of aliphatic carboxylic acids is 1. The van der Waals surface area contributed by atoms with Gasteiger partial charge in [0.15, 0.2) is 0 Å². The summed E-state index contributed by atoms with van der Waals surface area (Å²) in [6.45, 7) is 0.0726. The van der Waals surface area contributed by atoms with Crippen molar-refractivity contribution in [2.45, 2.75) is 25.2 Å². The smallest absolute Gasteiger partial charge is 0.410 e. The molecule has 0 bridgehead atoms. The number of carboxylic acid groups (broad SMARTS) is 1. The first-order chi connectivity index (χ1) is 9.08. The molecule has 1 saturated heterocycles. The topological polar surface area (TPSA) is 87.1 Å². The Balaban J connectivity index is 1.94. The molecular formula is C13H15NO5. The van der Waals surface area contributed by atoms with Crippen molar-refractivity contribution in [3.05, 3.63) is 35.9 Å². The van der Waals surface area contributed by atoms with Crippen LogP contribution in [0.15, 0.2) is 30.3 Å². The third-order valence-electron chi connectivity index (χ3n) is 3.00. The van der Waals surface area contributed by atoms with Gasteiger partial charge in [-0.2, -0.15) is 0 Å². The van der Waals surface area contributed by atoms with Crippen LogP contribution in [0.5, 0.6) is 0 Å². The Hall–Kier alpha value is -2.08. The number of aliphatic hydroxyl groups is 1. The second kappa shape index (κ2) is 5.71. The zero-order valence-electron chi connectivity index (χ0n) is 10.2. The molecule has 2 N–H and O–H groups in total. The molecular weight excluding hydrogens is 250 g/mol. The fourth-order valence-electron chi connectivity index (χ4n) is 2.05. The molecule has 0 unspecified atom stereocenters. The van der Waals surface area contributed by atoms with E-state index in [1.54, 1.807) is 12.1 Å². The van der Waals surface area contributed by atoms with E-state index in [0.717, 1.165) is 10.5 Å². The van der Waals surface area contributed by atoms with Crippen molar-refractivity contribution in [2.75, 3.05) is 6.54 Å². The second-order valence-corrected chi connectivity index (χ2v) is 4.44. The van der Waals surface area contributed by atoms with Crippen molar-refractivity contribution in [1.29, 1.82) is 0 Å². The molecule has 102 valence electrons. The molecule has 6 nitrogen and oxygen atoms in total. The Morgan fingerprint density at radius 3 is 2.63 bits per heavy atom. The molecule has 0 aromatic heterocycles. The molecule has 1 aliphatic heterocycles. The van der Waals surface area contributed by atoms with E-state index in [9.17, 15) is 14.7 Å². The lowest BCUT2D eigenvalue weighted by molar-refractivity contribution is -0.141. The van der Waals surface area contributed by atoms with Crippen LogP contribution in [0.2, 0.25) is 0 Å². The minimum atomic E-state index is -1.13. The molecule has 2 rings (SSSR count). The van der Waals surface area contributed by atoms with Gasteiger partial charge in [-0.3, -0.25) is 4.90 Å². The predicted molar refractivity (Wildman–Crippen MR) is 65.4 cm³/mol. The molecule has 2 atom stereocenters. The number of hydrogen-bond acceptors (Lipinski definition) is 4. The van der Waals surface area contributed by atoms with E-state index in [2.05, 4.69) is 0 Å².